The van der Waals surface area contributed by atoms with Crippen LogP contribution in [0.2, 0.25) is 0 Å². The standard InChI is InChI=1S/C15H21N3O2S/c1-11(19)9-13-3-2-6-18(13)7-4-14(20)17-15-12(10-16)5-8-21-15/h5,8,11,13,19H,2-4,6-7,9H2,1H3,(H,17,20). The Morgan fingerprint density at radius 3 is 3.24 bits per heavy atom. The first-order valence-corrected chi connectivity index (χ1v) is 8.17. The van der Waals surface area contributed by atoms with Crippen LogP contribution >= 0.6 is 11.3 Å². The second-order valence-corrected chi connectivity index (χ2v) is 6.41. The van der Waals surface area contributed by atoms with E-state index in [-0.39, 0.29) is 12.0 Å². The molecule has 0 spiro atoms. The molecule has 0 bridgehead atoms. The van der Waals surface area contributed by atoms with Gasteiger partial charge in [-0.25, -0.2) is 0 Å². The number of aliphatic hydroxyl groups excluding tert-OH is 1. The van der Waals surface area contributed by atoms with Crippen molar-refractivity contribution in [3.63, 3.8) is 0 Å². The summed E-state index contributed by atoms with van der Waals surface area (Å²) in [7, 11) is 0. The van der Waals surface area contributed by atoms with Gasteiger partial charge < -0.3 is 10.4 Å². The predicted octanol–water partition coefficient (Wildman–Crippen LogP) is 2.18. The van der Waals surface area contributed by atoms with E-state index < -0.39 is 0 Å². The molecule has 2 unspecified atom stereocenters. The number of amides is 1. The molecule has 2 rings (SSSR count). The first kappa shape index (κ1) is 16.0. The van der Waals surface area contributed by atoms with Crippen molar-refractivity contribution in [1.82, 2.24) is 4.90 Å². The number of thiophene rings is 1. The number of nitrogens with zero attached hydrogens (tertiary/aromatic N) is 2. The Morgan fingerprint density at radius 1 is 1.71 bits per heavy atom. The van der Waals surface area contributed by atoms with E-state index in [2.05, 4.69) is 16.3 Å². The number of likely N-dealkylation sites (tertiary alicyclic amines) is 1. The number of rotatable bonds is 6. The summed E-state index contributed by atoms with van der Waals surface area (Å²) in [5.41, 5.74) is 0.515. The molecule has 1 aromatic rings. The van der Waals surface area contributed by atoms with E-state index in [4.69, 9.17) is 5.26 Å². The Balaban J connectivity index is 1.80. The number of anilines is 1. The SMILES string of the molecule is CC(O)CC1CCCN1CCC(=O)Nc1sccc1C#N. The van der Waals surface area contributed by atoms with Crippen LogP contribution in [0.1, 0.15) is 38.2 Å². The van der Waals surface area contributed by atoms with Crippen molar-refractivity contribution < 1.29 is 9.90 Å². The Labute approximate surface area is 129 Å². The predicted molar refractivity (Wildman–Crippen MR) is 83.2 cm³/mol. The highest BCUT2D eigenvalue weighted by Crippen LogP contribution is 2.23. The molecule has 1 aliphatic heterocycles. The van der Waals surface area contributed by atoms with Gasteiger partial charge in [0.1, 0.15) is 11.1 Å². The maximum absolute atomic E-state index is 12.0. The lowest BCUT2D eigenvalue weighted by atomic mass is 10.1. The number of aliphatic hydroxyl groups is 1. The summed E-state index contributed by atoms with van der Waals surface area (Å²) in [4.78, 5) is 14.3. The quantitative estimate of drug-likeness (QED) is 0.844. The Hall–Kier alpha value is -1.42. The van der Waals surface area contributed by atoms with Crippen molar-refractivity contribution in [3.05, 3.63) is 17.0 Å². The highest BCUT2D eigenvalue weighted by Gasteiger charge is 2.25. The van der Waals surface area contributed by atoms with E-state index in [1.807, 2.05) is 6.92 Å². The molecule has 1 amide bonds. The molecule has 0 aliphatic carbocycles. The van der Waals surface area contributed by atoms with Crippen molar-refractivity contribution in [2.24, 2.45) is 0 Å². The van der Waals surface area contributed by atoms with Gasteiger partial charge in [0.25, 0.3) is 0 Å². The molecule has 6 heteroatoms. The fraction of sp³-hybridized carbons (Fsp3) is 0.600. The number of hydrogen-bond donors (Lipinski definition) is 2. The van der Waals surface area contributed by atoms with Gasteiger partial charge in [0.15, 0.2) is 0 Å². The molecular formula is C15H21N3O2S. The molecule has 5 nitrogen and oxygen atoms in total. The maximum Gasteiger partial charge on any atom is 0.226 e. The highest BCUT2D eigenvalue weighted by atomic mass is 32.1. The Morgan fingerprint density at radius 2 is 2.52 bits per heavy atom. The fourth-order valence-electron chi connectivity index (χ4n) is 2.78. The minimum Gasteiger partial charge on any atom is -0.393 e. The molecule has 0 aromatic carbocycles. The van der Waals surface area contributed by atoms with E-state index in [9.17, 15) is 9.90 Å². The minimum absolute atomic E-state index is 0.0587. The zero-order valence-electron chi connectivity index (χ0n) is 12.2. The van der Waals surface area contributed by atoms with E-state index in [0.29, 0.717) is 29.6 Å². The van der Waals surface area contributed by atoms with Gasteiger partial charge in [-0.1, -0.05) is 0 Å². The number of hydrogen-bond acceptors (Lipinski definition) is 5. The molecule has 21 heavy (non-hydrogen) atoms. The van der Waals surface area contributed by atoms with Gasteiger partial charge >= 0.3 is 0 Å². The molecule has 2 N–H and O–H groups in total. The van der Waals surface area contributed by atoms with Crippen LogP contribution in [-0.2, 0) is 4.79 Å². The van der Waals surface area contributed by atoms with E-state index in [0.717, 1.165) is 25.8 Å². The first-order valence-electron chi connectivity index (χ1n) is 7.29. The molecule has 1 aliphatic rings. The summed E-state index contributed by atoms with van der Waals surface area (Å²) in [5.74, 6) is -0.0587. The monoisotopic (exact) mass is 307 g/mol. The average molecular weight is 307 g/mol. The van der Waals surface area contributed by atoms with Crippen LogP contribution in [0.5, 0.6) is 0 Å². The smallest absolute Gasteiger partial charge is 0.226 e. The van der Waals surface area contributed by atoms with E-state index in [1.54, 1.807) is 11.4 Å². The van der Waals surface area contributed by atoms with Crippen molar-refractivity contribution in [1.29, 1.82) is 5.26 Å². The summed E-state index contributed by atoms with van der Waals surface area (Å²) < 4.78 is 0. The van der Waals surface area contributed by atoms with Crippen molar-refractivity contribution in [2.45, 2.75) is 44.8 Å². The molecule has 1 fully saturated rings. The number of carbonyl (C=O) groups excluding carboxylic acids is 1. The average Bonchev–Trinajstić information content (AvgIpc) is 3.05. The van der Waals surface area contributed by atoms with Gasteiger partial charge in [0.05, 0.1) is 11.7 Å². The van der Waals surface area contributed by atoms with Crippen LogP contribution in [-0.4, -0.2) is 41.1 Å². The van der Waals surface area contributed by atoms with Crippen molar-refractivity contribution in [3.8, 4) is 6.07 Å². The second-order valence-electron chi connectivity index (χ2n) is 5.49. The van der Waals surface area contributed by atoms with Crippen LogP contribution < -0.4 is 5.32 Å². The molecule has 0 saturated carbocycles. The Bertz CT molecular complexity index is 521. The van der Waals surface area contributed by atoms with E-state index in [1.165, 1.54) is 11.3 Å². The largest absolute Gasteiger partial charge is 0.393 e. The topological polar surface area (TPSA) is 76.4 Å². The number of nitrogens with one attached hydrogen (secondary N) is 1. The molecule has 2 heterocycles. The van der Waals surface area contributed by atoms with Gasteiger partial charge in [0, 0.05) is 19.0 Å². The van der Waals surface area contributed by atoms with Crippen molar-refractivity contribution in [2.75, 3.05) is 18.4 Å². The zero-order valence-corrected chi connectivity index (χ0v) is 13.0. The summed E-state index contributed by atoms with van der Waals surface area (Å²) in [6, 6.07) is 4.16. The lowest BCUT2D eigenvalue weighted by Crippen LogP contribution is -2.34. The lowest BCUT2D eigenvalue weighted by molar-refractivity contribution is -0.116. The van der Waals surface area contributed by atoms with Crippen molar-refractivity contribution >= 4 is 22.2 Å². The van der Waals surface area contributed by atoms with E-state index >= 15 is 0 Å². The fourth-order valence-corrected chi connectivity index (χ4v) is 3.53. The molecule has 2 atom stereocenters. The second kappa shape index (κ2) is 7.55. The first-order chi connectivity index (χ1) is 10.1. The van der Waals surface area contributed by atoms with Crippen LogP contribution in [0.4, 0.5) is 5.00 Å². The minimum atomic E-state index is -0.297. The van der Waals surface area contributed by atoms with Gasteiger partial charge in [-0.3, -0.25) is 9.69 Å². The third-order valence-electron chi connectivity index (χ3n) is 3.78. The molecule has 0 radical (unpaired) electrons. The Kier molecular flexibility index (Phi) is 5.74. The summed E-state index contributed by atoms with van der Waals surface area (Å²) in [6.45, 7) is 3.51. The maximum atomic E-state index is 12.0. The summed E-state index contributed by atoms with van der Waals surface area (Å²) in [6.07, 6.45) is 3.11. The van der Waals surface area contributed by atoms with Crippen LogP contribution in [0.3, 0.4) is 0 Å². The molecular weight excluding hydrogens is 286 g/mol. The van der Waals surface area contributed by atoms with Gasteiger partial charge in [0.2, 0.25) is 5.91 Å². The summed E-state index contributed by atoms with van der Waals surface area (Å²) in [5, 5.41) is 23.6. The summed E-state index contributed by atoms with van der Waals surface area (Å²) >= 11 is 1.37. The molecule has 1 aromatic heterocycles. The van der Waals surface area contributed by atoms with Gasteiger partial charge in [-0.2, -0.15) is 5.26 Å². The molecule has 114 valence electrons. The number of carbonyl (C=O) groups is 1. The van der Waals surface area contributed by atoms with Gasteiger partial charge in [-0.15, -0.1) is 11.3 Å². The van der Waals surface area contributed by atoms with Crippen LogP contribution in [0.15, 0.2) is 11.4 Å². The zero-order chi connectivity index (χ0) is 15.2. The van der Waals surface area contributed by atoms with Crippen LogP contribution in [0, 0.1) is 11.3 Å². The lowest BCUT2D eigenvalue weighted by Gasteiger charge is -2.25. The normalized spacial score (nSPS) is 20.1. The third-order valence-corrected chi connectivity index (χ3v) is 4.61. The third kappa shape index (κ3) is 4.53. The number of nitriles is 1. The van der Waals surface area contributed by atoms with Crippen LogP contribution in [0.25, 0.3) is 0 Å². The molecule has 1 saturated heterocycles. The van der Waals surface area contributed by atoms with Gasteiger partial charge in [-0.05, 0) is 44.2 Å². The highest BCUT2D eigenvalue weighted by molar-refractivity contribution is 7.14.